The molecule has 0 unspecified atom stereocenters. The number of ether oxygens (including phenoxy) is 1. The number of rotatable bonds is 25. The highest BCUT2D eigenvalue weighted by molar-refractivity contribution is 7.09. The summed E-state index contributed by atoms with van der Waals surface area (Å²) in [5.74, 6) is -2.73. The number of thiazole rings is 1. The molecule has 0 aliphatic carbocycles. The Balaban J connectivity index is 1.63. The fourth-order valence-corrected chi connectivity index (χ4v) is 8.87. The lowest BCUT2D eigenvalue weighted by Gasteiger charge is -2.39. The first kappa shape index (κ1) is 51.4. The number of nitrogen functional groups attached to an aromatic ring is 1. The summed E-state index contributed by atoms with van der Waals surface area (Å²) in [6, 6.07) is 4.77. The molecule has 0 radical (unpaired) electrons. The van der Waals surface area contributed by atoms with Crippen LogP contribution in [0.25, 0.3) is 0 Å². The van der Waals surface area contributed by atoms with Crippen molar-refractivity contribution in [3.63, 3.8) is 0 Å². The van der Waals surface area contributed by atoms with E-state index in [4.69, 9.17) is 16.2 Å². The predicted octanol–water partition coefficient (Wildman–Crippen LogP) is 4.92. The van der Waals surface area contributed by atoms with E-state index in [9.17, 15) is 24.3 Å². The molecule has 3 heterocycles. The van der Waals surface area contributed by atoms with E-state index < -0.39 is 47.5 Å². The number of likely N-dealkylation sites (N-methyl/N-ethyl adjacent to an activating group) is 1. The van der Waals surface area contributed by atoms with Crippen molar-refractivity contribution >= 4 is 46.7 Å². The number of anilines is 1. The monoisotopic (exact) mass is 907 g/mol. The SMILES string of the molecule is C=C(C)[C@@H](C[C@@H](OC(C)=O)c1nc(C(=O)N[C@@H](Cc2ccc(N)cc2)CC(C)(C)C(=O)O)cs1)N(CCCCc1cn(CCN)nn1)C(=O)[C@@H](NC(=O)[C@H]1CCCCN1C)[C@@H](C)CC. The normalized spacial score (nSPS) is 16.8. The van der Waals surface area contributed by atoms with Crippen molar-refractivity contribution in [2.24, 2.45) is 17.1 Å². The molecule has 3 amide bonds. The molecule has 0 saturated carbocycles. The van der Waals surface area contributed by atoms with Crippen molar-refractivity contribution in [2.75, 3.05) is 32.4 Å². The van der Waals surface area contributed by atoms with Crippen molar-refractivity contribution in [1.82, 2.24) is 40.4 Å². The molecule has 1 aliphatic rings. The number of nitrogens with zero attached hydrogens (tertiary/aromatic N) is 6. The quantitative estimate of drug-likeness (QED) is 0.0329. The summed E-state index contributed by atoms with van der Waals surface area (Å²) < 4.78 is 7.62. The molecule has 17 nitrogen and oxygen atoms in total. The van der Waals surface area contributed by atoms with Gasteiger partial charge in [0, 0.05) is 49.7 Å². The Labute approximate surface area is 381 Å². The van der Waals surface area contributed by atoms with Crippen LogP contribution in [0.3, 0.4) is 0 Å². The van der Waals surface area contributed by atoms with Crippen LogP contribution in [-0.4, -0.2) is 115 Å². The number of aromatic nitrogens is 4. The van der Waals surface area contributed by atoms with Gasteiger partial charge in [0.05, 0.1) is 29.7 Å². The second-order valence-electron chi connectivity index (χ2n) is 17.9. The van der Waals surface area contributed by atoms with Gasteiger partial charge < -0.3 is 36.8 Å². The number of nitrogens with two attached hydrogens (primary N) is 2. The molecular formula is C46H70N10O7S. The van der Waals surface area contributed by atoms with Crippen LogP contribution in [0.1, 0.15) is 126 Å². The minimum absolute atomic E-state index is 0.0722. The molecule has 1 saturated heterocycles. The summed E-state index contributed by atoms with van der Waals surface area (Å²) in [5.41, 5.74) is 13.4. The standard InChI is InChI=1S/C46H70N10O7S/c1-9-30(4)40(51-42(59)37-15-11-12-21-54(37)8)44(60)56(22-13-10-14-34-27-55(23-20-47)53-52-34)38(29(2)3)25-39(63-31(5)57)43-50-36(28-64-43)41(58)49-35(26-46(6,7)45(61)62)24-32-16-18-33(48)19-17-32/h16-19,27-28,30,35,37-40H,2,9-15,20-26,47-48H2,1,3-8H3,(H,49,58)(H,51,59)(H,61,62)/t30-,35-,37+,38+,39+,40-/m0/s1. The van der Waals surface area contributed by atoms with Crippen molar-refractivity contribution in [3.05, 3.63) is 70.0 Å². The number of amides is 3. The Bertz CT molecular complexity index is 2040. The first-order valence-corrected chi connectivity index (χ1v) is 23.3. The molecule has 4 rings (SSSR count). The predicted molar refractivity (Wildman–Crippen MR) is 247 cm³/mol. The van der Waals surface area contributed by atoms with E-state index in [2.05, 4.69) is 32.5 Å². The molecule has 18 heteroatoms. The van der Waals surface area contributed by atoms with Crippen LogP contribution in [0.15, 0.2) is 48.0 Å². The topological polar surface area (TPSA) is 241 Å². The maximum atomic E-state index is 15.1. The summed E-state index contributed by atoms with van der Waals surface area (Å²) in [6.45, 7) is 16.7. The van der Waals surface area contributed by atoms with Gasteiger partial charge >= 0.3 is 11.9 Å². The zero-order valence-electron chi connectivity index (χ0n) is 38.7. The Kier molecular flexibility index (Phi) is 19.4. The van der Waals surface area contributed by atoms with E-state index in [0.29, 0.717) is 74.4 Å². The zero-order chi connectivity index (χ0) is 47.1. The largest absolute Gasteiger partial charge is 0.481 e. The highest BCUT2D eigenvalue weighted by atomic mass is 32.1. The van der Waals surface area contributed by atoms with Crippen molar-refractivity contribution in [2.45, 2.75) is 143 Å². The summed E-state index contributed by atoms with van der Waals surface area (Å²) in [7, 11) is 1.93. The van der Waals surface area contributed by atoms with E-state index in [1.165, 1.54) is 6.92 Å². The molecule has 6 atom stereocenters. The lowest BCUT2D eigenvalue weighted by molar-refractivity contribution is -0.149. The highest BCUT2D eigenvalue weighted by Crippen LogP contribution is 2.32. The molecule has 1 aliphatic heterocycles. The number of likely N-dealkylation sites (tertiary alicyclic amines) is 1. The van der Waals surface area contributed by atoms with E-state index in [1.54, 1.807) is 40.9 Å². The molecule has 1 aromatic carbocycles. The Morgan fingerprint density at radius 3 is 2.45 bits per heavy atom. The van der Waals surface area contributed by atoms with Gasteiger partial charge in [0.25, 0.3) is 5.91 Å². The van der Waals surface area contributed by atoms with Crippen LogP contribution in [0, 0.1) is 11.3 Å². The average Bonchev–Trinajstić information content (AvgIpc) is 3.92. The van der Waals surface area contributed by atoms with Gasteiger partial charge in [0.15, 0.2) is 6.10 Å². The fraction of sp³-hybridized carbons (Fsp3) is 0.609. The van der Waals surface area contributed by atoms with Crippen LogP contribution in [0.2, 0.25) is 0 Å². The third kappa shape index (κ3) is 14.9. The molecule has 0 spiro atoms. The average molecular weight is 907 g/mol. The number of benzene rings is 1. The van der Waals surface area contributed by atoms with Gasteiger partial charge in [-0.25, -0.2) is 4.98 Å². The molecule has 352 valence electrons. The van der Waals surface area contributed by atoms with Crippen LogP contribution >= 0.6 is 11.3 Å². The van der Waals surface area contributed by atoms with Gasteiger partial charge in [-0.1, -0.05) is 56.2 Å². The van der Waals surface area contributed by atoms with Crippen LogP contribution in [0.5, 0.6) is 0 Å². The number of hydrogen-bond donors (Lipinski definition) is 5. The number of unbranched alkanes of at least 4 members (excludes halogenated alkanes) is 1. The lowest BCUT2D eigenvalue weighted by atomic mass is 9.84. The summed E-state index contributed by atoms with van der Waals surface area (Å²) in [4.78, 5) is 76.1. The number of carboxylic acids is 1. The number of carbonyl (C=O) groups excluding carboxylic acids is 4. The van der Waals surface area contributed by atoms with Gasteiger partial charge in [0.1, 0.15) is 16.7 Å². The molecule has 7 N–H and O–H groups in total. The van der Waals surface area contributed by atoms with Gasteiger partial charge in [-0.3, -0.25) is 33.6 Å². The lowest BCUT2D eigenvalue weighted by Crippen LogP contribution is -2.58. The van der Waals surface area contributed by atoms with E-state index in [1.807, 2.05) is 51.0 Å². The number of aliphatic carboxylic acids is 1. The molecule has 64 heavy (non-hydrogen) atoms. The van der Waals surface area contributed by atoms with Crippen LogP contribution in [-0.2, 0) is 43.3 Å². The second-order valence-corrected chi connectivity index (χ2v) is 18.8. The molecule has 1 fully saturated rings. The Morgan fingerprint density at radius 1 is 1.11 bits per heavy atom. The van der Waals surface area contributed by atoms with Gasteiger partial charge in [-0.2, -0.15) is 0 Å². The number of carboxylic acid groups (broad SMARTS) is 1. The van der Waals surface area contributed by atoms with Crippen molar-refractivity contribution in [1.29, 1.82) is 0 Å². The minimum Gasteiger partial charge on any atom is -0.481 e. The van der Waals surface area contributed by atoms with E-state index in [-0.39, 0.29) is 42.3 Å². The summed E-state index contributed by atoms with van der Waals surface area (Å²) >= 11 is 1.14. The Morgan fingerprint density at radius 2 is 1.83 bits per heavy atom. The van der Waals surface area contributed by atoms with E-state index >= 15 is 4.79 Å². The third-order valence-electron chi connectivity index (χ3n) is 12.0. The smallest absolute Gasteiger partial charge is 0.309 e. The maximum absolute atomic E-state index is 15.1. The van der Waals surface area contributed by atoms with Gasteiger partial charge in [-0.15, -0.1) is 16.4 Å². The first-order valence-electron chi connectivity index (χ1n) is 22.4. The number of aryl methyl sites for hydroxylation is 1. The first-order chi connectivity index (χ1) is 30.3. The van der Waals surface area contributed by atoms with Crippen molar-refractivity contribution < 1.29 is 33.8 Å². The number of esters is 1. The van der Waals surface area contributed by atoms with E-state index in [0.717, 1.165) is 42.0 Å². The molecule has 0 bridgehead atoms. The third-order valence-corrected chi connectivity index (χ3v) is 12.9. The highest BCUT2D eigenvalue weighted by Gasteiger charge is 2.38. The minimum atomic E-state index is -1.14. The van der Waals surface area contributed by atoms with Gasteiger partial charge in [-0.05, 0) is 103 Å². The van der Waals surface area contributed by atoms with Crippen molar-refractivity contribution in [3.8, 4) is 0 Å². The second kappa shape index (κ2) is 24.2. The summed E-state index contributed by atoms with van der Waals surface area (Å²) in [5, 5.41) is 26.4. The van der Waals surface area contributed by atoms with Crippen LogP contribution in [0.4, 0.5) is 5.69 Å². The van der Waals surface area contributed by atoms with Gasteiger partial charge in [0.2, 0.25) is 11.8 Å². The number of piperidine rings is 1. The Hall–Kier alpha value is -5.20. The molecule has 2 aromatic heterocycles. The summed E-state index contributed by atoms with van der Waals surface area (Å²) in [6.07, 6.45) is 6.65. The number of hydrogen-bond acceptors (Lipinski definition) is 13. The molecular weight excluding hydrogens is 837 g/mol. The fourth-order valence-electron chi connectivity index (χ4n) is 8.03. The number of nitrogens with one attached hydrogen (secondary N) is 2. The zero-order valence-corrected chi connectivity index (χ0v) is 39.5. The van der Waals surface area contributed by atoms with Crippen LogP contribution < -0.4 is 22.1 Å². The molecule has 3 aromatic rings. The maximum Gasteiger partial charge on any atom is 0.309 e. The number of carbonyl (C=O) groups is 5.